The summed E-state index contributed by atoms with van der Waals surface area (Å²) in [6.07, 6.45) is 4.19. The summed E-state index contributed by atoms with van der Waals surface area (Å²) in [6, 6.07) is 4.55. The Morgan fingerprint density at radius 3 is 2.55 bits per heavy atom. The van der Waals surface area contributed by atoms with E-state index >= 15 is 0 Å². The predicted molar refractivity (Wildman–Crippen MR) is 82.3 cm³/mol. The zero-order valence-corrected chi connectivity index (χ0v) is 13.3. The number of hydrogen-bond donors (Lipinski definition) is 1. The molecule has 1 aliphatic rings. The van der Waals surface area contributed by atoms with Gasteiger partial charge in [0.25, 0.3) is 0 Å². The van der Waals surface area contributed by atoms with Crippen LogP contribution in [0.15, 0.2) is 23.1 Å². The van der Waals surface area contributed by atoms with Crippen LogP contribution in [0.1, 0.15) is 32.6 Å². The fourth-order valence-electron chi connectivity index (χ4n) is 2.71. The van der Waals surface area contributed by atoms with Crippen LogP contribution in [0.3, 0.4) is 0 Å². The summed E-state index contributed by atoms with van der Waals surface area (Å²) in [4.78, 5) is 0.155. The Bertz CT molecular complexity index is 567. The lowest BCUT2D eigenvalue weighted by Crippen LogP contribution is -2.38. The van der Waals surface area contributed by atoms with Gasteiger partial charge in [0, 0.05) is 18.8 Å². The van der Waals surface area contributed by atoms with Crippen LogP contribution in [0.2, 0.25) is 5.02 Å². The van der Waals surface area contributed by atoms with Gasteiger partial charge in [0.1, 0.15) is 4.90 Å². The van der Waals surface area contributed by atoms with E-state index in [9.17, 15) is 8.42 Å². The highest BCUT2D eigenvalue weighted by molar-refractivity contribution is 7.89. The van der Waals surface area contributed by atoms with E-state index in [0.717, 1.165) is 19.3 Å². The van der Waals surface area contributed by atoms with Crippen LogP contribution in [-0.2, 0) is 10.0 Å². The number of piperidine rings is 1. The van der Waals surface area contributed by atoms with E-state index in [0.29, 0.717) is 24.7 Å². The Balaban J connectivity index is 2.15. The summed E-state index contributed by atoms with van der Waals surface area (Å²) >= 11 is 6.03. The van der Waals surface area contributed by atoms with Crippen LogP contribution >= 0.6 is 11.6 Å². The molecule has 1 aromatic rings. The fraction of sp³-hybridized carbons (Fsp3) is 0.571. The molecule has 1 aliphatic heterocycles. The fourth-order valence-corrected chi connectivity index (χ4v) is 4.71. The highest BCUT2D eigenvalue weighted by Crippen LogP contribution is 2.30. The van der Waals surface area contributed by atoms with Crippen molar-refractivity contribution in [3.8, 4) is 0 Å². The van der Waals surface area contributed by atoms with Gasteiger partial charge < -0.3 is 5.73 Å². The molecule has 0 spiro atoms. The van der Waals surface area contributed by atoms with Gasteiger partial charge in [-0.05, 0) is 37.0 Å². The minimum atomic E-state index is -3.50. The van der Waals surface area contributed by atoms with Gasteiger partial charge in [-0.2, -0.15) is 4.31 Å². The first-order valence-corrected chi connectivity index (χ1v) is 8.82. The molecule has 112 valence electrons. The van der Waals surface area contributed by atoms with Gasteiger partial charge >= 0.3 is 0 Å². The average molecular weight is 317 g/mol. The largest absolute Gasteiger partial charge is 0.399 e. The summed E-state index contributed by atoms with van der Waals surface area (Å²) in [7, 11) is -3.50. The molecule has 20 heavy (non-hydrogen) atoms. The molecular weight excluding hydrogens is 296 g/mol. The van der Waals surface area contributed by atoms with Crippen molar-refractivity contribution in [1.29, 1.82) is 0 Å². The molecule has 0 aliphatic carbocycles. The molecule has 0 saturated carbocycles. The number of benzene rings is 1. The first-order valence-electron chi connectivity index (χ1n) is 7.00. The molecule has 2 rings (SSSR count). The van der Waals surface area contributed by atoms with Crippen LogP contribution in [-0.4, -0.2) is 25.8 Å². The maximum atomic E-state index is 12.6. The van der Waals surface area contributed by atoms with Crippen LogP contribution < -0.4 is 5.73 Å². The van der Waals surface area contributed by atoms with Crippen LogP contribution in [0.4, 0.5) is 5.69 Å². The molecule has 0 amide bonds. The highest BCUT2D eigenvalue weighted by Gasteiger charge is 2.30. The number of halogens is 1. The van der Waals surface area contributed by atoms with E-state index in [1.54, 1.807) is 6.07 Å². The normalized spacial score (nSPS) is 18.3. The lowest BCUT2D eigenvalue weighted by molar-refractivity contribution is 0.262. The van der Waals surface area contributed by atoms with Crippen molar-refractivity contribution in [3.63, 3.8) is 0 Å². The molecule has 1 heterocycles. The topological polar surface area (TPSA) is 63.4 Å². The molecule has 6 heteroatoms. The van der Waals surface area contributed by atoms with E-state index in [-0.39, 0.29) is 9.92 Å². The van der Waals surface area contributed by atoms with Crippen LogP contribution in [0.25, 0.3) is 0 Å². The third kappa shape index (κ3) is 3.27. The van der Waals surface area contributed by atoms with Crippen molar-refractivity contribution in [2.45, 2.75) is 37.5 Å². The van der Waals surface area contributed by atoms with Crippen LogP contribution in [0, 0.1) is 5.92 Å². The smallest absolute Gasteiger partial charge is 0.244 e. The molecule has 0 atom stereocenters. The number of anilines is 1. The molecule has 0 aromatic heterocycles. The van der Waals surface area contributed by atoms with E-state index in [2.05, 4.69) is 6.92 Å². The molecule has 1 aromatic carbocycles. The molecule has 0 radical (unpaired) electrons. The Kier molecular flexibility index (Phi) is 4.94. The SMILES string of the molecule is CCCC1CCN(S(=O)(=O)c2ccc(N)cc2Cl)CC1. The number of nitrogens with two attached hydrogens (primary N) is 1. The number of sulfonamides is 1. The monoisotopic (exact) mass is 316 g/mol. The van der Waals surface area contributed by atoms with Crippen molar-refractivity contribution >= 4 is 27.3 Å². The third-order valence-electron chi connectivity index (χ3n) is 3.84. The maximum Gasteiger partial charge on any atom is 0.244 e. The second-order valence-electron chi connectivity index (χ2n) is 5.33. The maximum absolute atomic E-state index is 12.6. The number of rotatable bonds is 4. The van der Waals surface area contributed by atoms with Crippen molar-refractivity contribution in [2.24, 2.45) is 5.92 Å². The second-order valence-corrected chi connectivity index (χ2v) is 7.64. The van der Waals surface area contributed by atoms with Crippen molar-refractivity contribution in [1.82, 2.24) is 4.31 Å². The molecule has 2 N–H and O–H groups in total. The van der Waals surface area contributed by atoms with E-state index in [1.165, 1.54) is 22.9 Å². The second kappa shape index (κ2) is 6.33. The Hall–Kier alpha value is -0.780. The quantitative estimate of drug-likeness (QED) is 0.868. The van der Waals surface area contributed by atoms with E-state index < -0.39 is 10.0 Å². The van der Waals surface area contributed by atoms with Crippen molar-refractivity contribution in [3.05, 3.63) is 23.2 Å². The summed E-state index contributed by atoms with van der Waals surface area (Å²) < 4.78 is 26.7. The molecule has 0 bridgehead atoms. The van der Waals surface area contributed by atoms with Gasteiger partial charge in [0.15, 0.2) is 0 Å². The molecule has 1 fully saturated rings. The summed E-state index contributed by atoms with van der Waals surface area (Å²) in [5.41, 5.74) is 6.08. The number of hydrogen-bond acceptors (Lipinski definition) is 3. The Morgan fingerprint density at radius 1 is 1.35 bits per heavy atom. The van der Waals surface area contributed by atoms with Crippen molar-refractivity contribution in [2.75, 3.05) is 18.8 Å². The predicted octanol–water partition coefficient (Wildman–Crippen LogP) is 3.12. The average Bonchev–Trinajstić information content (AvgIpc) is 2.39. The molecular formula is C14H21ClN2O2S. The standard InChI is InChI=1S/C14H21ClN2O2S/c1-2-3-11-6-8-17(9-7-11)20(18,19)14-5-4-12(16)10-13(14)15/h4-5,10-11H,2-3,6-9,16H2,1H3. The highest BCUT2D eigenvalue weighted by atomic mass is 35.5. The minimum Gasteiger partial charge on any atom is -0.399 e. The van der Waals surface area contributed by atoms with Gasteiger partial charge in [-0.25, -0.2) is 8.42 Å². The van der Waals surface area contributed by atoms with Gasteiger partial charge in [-0.1, -0.05) is 31.4 Å². The molecule has 1 saturated heterocycles. The number of nitrogens with zero attached hydrogens (tertiary/aromatic N) is 1. The van der Waals surface area contributed by atoms with Crippen LogP contribution in [0.5, 0.6) is 0 Å². The van der Waals surface area contributed by atoms with Gasteiger partial charge in [-0.15, -0.1) is 0 Å². The Labute approximate surface area is 126 Å². The summed E-state index contributed by atoms with van der Waals surface area (Å²) in [6.45, 7) is 3.32. The summed E-state index contributed by atoms with van der Waals surface area (Å²) in [5, 5.41) is 0.195. The minimum absolute atomic E-state index is 0.155. The Morgan fingerprint density at radius 2 is 2.00 bits per heavy atom. The zero-order valence-electron chi connectivity index (χ0n) is 11.7. The molecule has 0 unspecified atom stereocenters. The lowest BCUT2D eigenvalue weighted by Gasteiger charge is -2.31. The van der Waals surface area contributed by atoms with Crippen molar-refractivity contribution < 1.29 is 8.42 Å². The zero-order chi connectivity index (χ0) is 14.8. The lowest BCUT2D eigenvalue weighted by atomic mass is 9.94. The number of nitrogen functional groups attached to an aromatic ring is 1. The summed E-state index contributed by atoms with van der Waals surface area (Å²) in [5.74, 6) is 0.647. The third-order valence-corrected chi connectivity index (χ3v) is 6.23. The van der Waals surface area contributed by atoms with Gasteiger partial charge in [-0.3, -0.25) is 0 Å². The van der Waals surface area contributed by atoms with E-state index in [4.69, 9.17) is 17.3 Å². The molecule has 4 nitrogen and oxygen atoms in total. The first-order chi connectivity index (χ1) is 9.45. The van der Waals surface area contributed by atoms with Gasteiger partial charge in [0.05, 0.1) is 5.02 Å². The van der Waals surface area contributed by atoms with Gasteiger partial charge in [0.2, 0.25) is 10.0 Å². The van der Waals surface area contributed by atoms with E-state index in [1.807, 2.05) is 0 Å². The first kappa shape index (κ1) is 15.6.